The number of nitrogen functional groups attached to an aromatic ring is 1. The van der Waals surface area contributed by atoms with Crippen LogP contribution in [0.2, 0.25) is 5.15 Å². The van der Waals surface area contributed by atoms with Crippen LogP contribution >= 0.6 is 11.6 Å². The minimum atomic E-state index is 0.00571. The van der Waals surface area contributed by atoms with Crippen molar-refractivity contribution in [3.05, 3.63) is 47.1 Å². The Morgan fingerprint density at radius 1 is 1.25 bits per heavy atom. The van der Waals surface area contributed by atoms with Crippen LogP contribution in [0, 0.1) is 0 Å². The van der Waals surface area contributed by atoms with Crippen molar-refractivity contribution in [2.75, 3.05) is 17.7 Å². The molecule has 1 aromatic heterocycles. The maximum Gasteiger partial charge on any atom is 0.223 e. The largest absolute Gasteiger partial charge is 0.371 e. The van der Waals surface area contributed by atoms with Crippen molar-refractivity contribution < 1.29 is 4.74 Å². The number of hydrogen-bond acceptors (Lipinski definition) is 5. The first-order chi connectivity index (χ1) is 9.72. The van der Waals surface area contributed by atoms with Crippen molar-refractivity contribution in [1.82, 2.24) is 9.97 Å². The summed E-state index contributed by atoms with van der Waals surface area (Å²) in [6, 6.07) is 11.9. The Morgan fingerprint density at radius 3 is 2.80 bits per heavy atom. The molecule has 0 unspecified atom stereocenters. The van der Waals surface area contributed by atoms with Gasteiger partial charge in [-0.25, -0.2) is 4.98 Å². The third-order valence-electron chi connectivity index (χ3n) is 3.27. The Balaban J connectivity index is 1.79. The fourth-order valence-electron chi connectivity index (χ4n) is 2.41. The first-order valence-electron chi connectivity index (χ1n) is 6.45. The quantitative estimate of drug-likeness (QED) is 0.850. The molecule has 0 spiro atoms. The fraction of sp³-hybridized carbons (Fsp3) is 0.286. The average Bonchev–Trinajstić information content (AvgIpc) is 2.86. The number of benzene rings is 1. The highest BCUT2D eigenvalue weighted by Crippen LogP contribution is 2.31. The number of nitrogens with two attached hydrogens (primary N) is 1. The van der Waals surface area contributed by atoms with E-state index < -0.39 is 0 Å². The standard InChI is InChI=1S/C14H15ClN4O/c15-11-8-12(19-14(16)18-11)17-10-6-7-20-13(10)9-4-2-1-3-5-9/h1-5,8,10,13H,6-7H2,(H3,16,17,18,19)/t10-,13-/m1/s1. The molecule has 2 heterocycles. The van der Waals surface area contributed by atoms with Crippen LogP contribution in [0.15, 0.2) is 36.4 Å². The second-order valence-electron chi connectivity index (χ2n) is 4.68. The van der Waals surface area contributed by atoms with E-state index in [-0.39, 0.29) is 18.1 Å². The molecule has 5 nitrogen and oxygen atoms in total. The minimum absolute atomic E-state index is 0.00571. The molecule has 0 saturated carbocycles. The lowest BCUT2D eigenvalue weighted by molar-refractivity contribution is 0.107. The van der Waals surface area contributed by atoms with Gasteiger partial charge in [0, 0.05) is 12.7 Å². The molecule has 20 heavy (non-hydrogen) atoms. The second kappa shape index (κ2) is 5.64. The van der Waals surface area contributed by atoms with Crippen molar-refractivity contribution in [3.63, 3.8) is 0 Å². The predicted molar refractivity (Wildman–Crippen MR) is 78.6 cm³/mol. The van der Waals surface area contributed by atoms with Gasteiger partial charge in [-0.15, -0.1) is 0 Å². The zero-order valence-electron chi connectivity index (χ0n) is 10.8. The van der Waals surface area contributed by atoms with Crippen LogP contribution in [0.5, 0.6) is 0 Å². The molecule has 104 valence electrons. The maximum absolute atomic E-state index is 5.89. The molecule has 1 aliphatic rings. The molecule has 2 atom stereocenters. The summed E-state index contributed by atoms with van der Waals surface area (Å²) in [7, 11) is 0. The number of halogens is 1. The zero-order chi connectivity index (χ0) is 13.9. The van der Waals surface area contributed by atoms with Gasteiger partial charge in [0.15, 0.2) is 0 Å². The third-order valence-corrected chi connectivity index (χ3v) is 3.46. The molecule has 3 rings (SSSR count). The molecule has 0 amide bonds. The van der Waals surface area contributed by atoms with Crippen molar-refractivity contribution >= 4 is 23.4 Å². The molecule has 6 heteroatoms. The van der Waals surface area contributed by atoms with E-state index in [1.54, 1.807) is 6.07 Å². The maximum atomic E-state index is 5.89. The van der Waals surface area contributed by atoms with Crippen LogP contribution in [0.25, 0.3) is 0 Å². The monoisotopic (exact) mass is 290 g/mol. The fourth-order valence-corrected chi connectivity index (χ4v) is 2.60. The van der Waals surface area contributed by atoms with Gasteiger partial charge < -0.3 is 15.8 Å². The third kappa shape index (κ3) is 2.84. The van der Waals surface area contributed by atoms with Gasteiger partial charge in [-0.2, -0.15) is 4.98 Å². The topological polar surface area (TPSA) is 73.1 Å². The summed E-state index contributed by atoms with van der Waals surface area (Å²) in [6.07, 6.45) is 0.910. The Hall–Kier alpha value is -1.85. The van der Waals surface area contributed by atoms with E-state index in [0.29, 0.717) is 17.6 Å². The Labute approximate surface area is 122 Å². The van der Waals surface area contributed by atoms with Gasteiger partial charge in [-0.05, 0) is 12.0 Å². The molecular formula is C14H15ClN4O. The van der Waals surface area contributed by atoms with Gasteiger partial charge in [0.25, 0.3) is 0 Å². The molecule has 0 aliphatic carbocycles. The van der Waals surface area contributed by atoms with Gasteiger partial charge in [-0.1, -0.05) is 41.9 Å². The lowest BCUT2D eigenvalue weighted by atomic mass is 10.0. The molecule has 1 saturated heterocycles. The Kier molecular flexibility index (Phi) is 3.71. The normalized spacial score (nSPS) is 21.9. The van der Waals surface area contributed by atoms with Crippen LogP contribution in [0.1, 0.15) is 18.1 Å². The van der Waals surface area contributed by atoms with E-state index in [1.165, 1.54) is 0 Å². The minimum Gasteiger partial charge on any atom is -0.371 e. The summed E-state index contributed by atoms with van der Waals surface area (Å²) in [5.41, 5.74) is 6.75. The predicted octanol–water partition coefficient (Wildman–Crippen LogP) is 2.65. The van der Waals surface area contributed by atoms with Crippen LogP contribution < -0.4 is 11.1 Å². The van der Waals surface area contributed by atoms with E-state index in [1.807, 2.05) is 18.2 Å². The van der Waals surface area contributed by atoms with Crippen LogP contribution in [0.4, 0.5) is 11.8 Å². The van der Waals surface area contributed by atoms with Crippen molar-refractivity contribution in [2.24, 2.45) is 0 Å². The number of nitrogens with one attached hydrogen (secondary N) is 1. The lowest BCUT2D eigenvalue weighted by Crippen LogP contribution is -2.24. The molecule has 1 aliphatic heterocycles. The van der Waals surface area contributed by atoms with Gasteiger partial charge >= 0.3 is 0 Å². The molecule has 0 bridgehead atoms. The van der Waals surface area contributed by atoms with Crippen LogP contribution in [-0.2, 0) is 4.74 Å². The van der Waals surface area contributed by atoms with Gasteiger partial charge in [-0.3, -0.25) is 0 Å². The first-order valence-corrected chi connectivity index (χ1v) is 6.83. The summed E-state index contributed by atoms with van der Waals surface area (Å²) < 4.78 is 5.81. The summed E-state index contributed by atoms with van der Waals surface area (Å²) >= 11 is 5.89. The van der Waals surface area contributed by atoms with Crippen molar-refractivity contribution in [2.45, 2.75) is 18.6 Å². The average molecular weight is 291 g/mol. The van der Waals surface area contributed by atoms with Gasteiger partial charge in [0.2, 0.25) is 5.95 Å². The van der Waals surface area contributed by atoms with E-state index in [4.69, 9.17) is 22.1 Å². The zero-order valence-corrected chi connectivity index (χ0v) is 11.5. The lowest BCUT2D eigenvalue weighted by Gasteiger charge is -2.20. The highest BCUT2D eigenvalue weighted by atomic mass is 35.5. The number of ether oxygens (including phenoxy) is 1. The highest BCUT2D eigenvalue weighted by Gasteiger charge is 2.29. The summed E-state index contributed by atoms with van der Waals surface area (Å²) in [6.45, 7) is 0.714. The second-order valence-corrected chi connectivity index (χ2v) is 5.06. The molecule has 2 aromatic rings. The molecule has 1 aromatic carbocycles. The molecule has 1 fully saturated rings. The van der Waals surface area contributed by atoms with Crippen molar-refractivity contribution in [3.8, 4) is 0 Å². The van der Waals surface area contributed by atoms with E-state index in [2.05, 4.69) is 27.4 Å². The summed E-state index contributed by atoms with van der Waals surface area (Å²) in [5.74, 6) is 0.786. The Morgan fingerprint density at radius 2 is 2.05 bits per heavy atom. The molecule has 3 N–H and O–H groups in total. The number of rotatable bonds is 3. The summed E-state index contributed by atoms with van der Waals surface area (Å²) in [4.78, 5) is 7.99. The van der Waals surface area contributed by atoms with Gasteiger partial charge in [0.1, 0.15) is 17.1 Å². The number of hydrogen-bond donors (Lipinski definition) is 2. The van der Waals surface area contributed by atoms with Crippen LogP contribution in [0.3, 0.4) is 0 Å². The SMILES string of the molecule is Nc1nc(Cl)cc(N[C@@H]2CCO[C@@H]2c2ccccc2)n1. The van der Waals surface area contributed by atoms with Crippen LogP contribution in [-0.4, -0.2) is 22.6 Å². The summed E-state index contributed by atoms with van der Waals surface area (Å²) in [5, 5.41) is 3.66. The Bertz CT molecular complexity index is 573. The highest BCUT2D eigenvalue weighted by molar-refractivity contribution is 6.29. The number of aromatic nitrogens is 2. The van der Waals surface area contributed by atoms with Gasteiger partial charge in [0.05, 0.1) is 6.04 Å². The first kappa shape index (κ1) is 13.1. The smallest absolute Gasteiger partial charge is 0.223 e. The van der Waals surface area contributed by atoms with E-state index in [0.717, 1.165) is 12.0 Å². The van der Waals surface area contributed by atoms with E-state index >= 15 is 0 Å². The molecular weight excluding hydrogens is 276 g/mol. The number of nitrogens with zero attached hydrogens (tertiary/aromatic N) is 2. The van der Waals surface area contributed by atoms with Crippen molar-refractivity contribution in [1.29, 1.82) is 0 Å². The number of anilines is 2. The van der Waals surface area contributed by atoms with E-state index in [9.17, 15) is 0 Å². The molecule has 0 radical (unpaired) electrons.